The van der Waals surface area contributed by atoms with Crippen LogP contribution in [0.5, 0.6) is 0 Å². The molecule has 2 amide bonds. The van der Waals surface area contributed by atoms with Crippen LogP contribution in [0.2, 0.25) is 5.02 Å². The molecular formula is C17H22ClN3O2. The molecule has 0 unspecified atom stereocenters. The highest BCUT2D eigenvalue weighted by Crippen LogP contribution is 2.34. The first-order valence-corrected chi connectivity index (χ1v) is 8.64. The molecule has 1 aromatic carbocycles. The van der Waals surface area contributed by atoms with Crippen LogP contribution in [-0.2, 0) is 0 Å². The van der Waals surface area contributed by atoms with E-state index in [9.17, 15) is 4.79 Å². The SMILES string of the molecule is CCCNC(=O)NC1CCC(c2nc3cc(Cl)ccc3o2)CC1. The van der Waals surface area contributed by atoms with E-state index in [1.165, 1.54) is 0 Å². The predicted octanol–water partition coefficient (Wildman–Crippen LogP) is 4.22. The van der Waals surface area contributed by atoms with Gasteiger partial charge in [0.05, 0.1) is 0 Å². The van der Waals surface area contributed by atoms with Crippen molar-refractivity contribution in [3.05, 3.63) is 29.1 Å². The second-order valence-corrected chi connectivity index (χ2v) is 6.55. The Morgan fingerprint density at radius 2 is 2.13 bits per heavy atom. The number of amides is 2. The average Bonchev–Trinajstić information content (AvgIpc) is 2.96. The minimum Gasteiger partial charge on any atom is -0.440 e. The molecule has 5 nitrogen and oxygen atoms in total. The molecule has 0 spiro atoms. The third-order valence-corrected chi connectivity index (χ3v) is 4.55. The Labute approximate surface area is 140 Å². The highest BCUT2D eigenvalue weighted by molar-refractivity contribution is 6.31. The summed E-state index contributed by atoms with van der Waals surface area (Å²) >= 11 is 5.99. The van der Waals surface area contributed by atoms with Gasteiger partial charge in [0.1, 0.15) is 5.52 Å². The van der Waals surface area contributed by atoms with Gasteiger partial charge in [0, 0.05) is 23.5 Å². The van der Waals surface area contributed by atoms with Crippen LogP contribution in [0.3, 0.4) is 0 Å². The molecule has 1 saturated carbocycles. The number of carbonyl (C=O) groups is 1. The summed E-state index contributed by atoms with van der Waals surface area (Å²) < 4.78 is 5.86. The van der Waals surface area contributed by atoms with Crippen molar-refractivity contribution in [2.45, 2.75) is 51.0 Å². The fourth-order valence-electron chi connectivity index (χ4n) is 3.05. The first-order chi connectivity index (χ1) is 11.2. The molecule has 0 saturated heterocycles. The zero-order valence-corrected chi connectivity index (χ0v) is 14.0. The molecule has 2 aromatic rings. The van der Waals surface area contributed by atoms with Gasteiger partial charge in [0.25, 0.3) is 0 Å². The van der Waals surface area contributed by atoms with E-state index in [-0.39, 0.29) is 12.1 Å². The maximum absolute atomic E-state index is 11.7. The number of halogens is 1. The Balaban J connectivity index is 1.56. The minimum atomic E-state index is -0.0631. The van der Waals surface area contributed by atoms with Crippen LogP contribution >= 0.6 is 11.6 Å². The standard InChI is InChI=1S/C17H22ClN3O2/c1-2-9-19-17(22)20-13-6-3-11(4-7-13)16-21-14-10-12(18)5-8-15(14)23-16/h5,8,10-11,13H,2-4,6-7,9H2,1H3,(H2,19,20,22). The number of aromatic nitrogens is 1. The number of carbonyl (C=O) groups excluding carboxylic acids is 1. The van der Waals surface area contributed by atoms with Gasteiger partial charge in [-0.3, -0.25) is 0 Å². The zero-order valence-electron chi connectivity index (χ0n) is 13.3. The summed E-state index contributed by atoms with van der Waals surface area (Å²) in [6.45, 7) is 2.76. The molecule has 0 atom stereocenters. The Morgan fingerprint density at radius 3 is 2.87 bits per heavy atom. The maximum Gasteiger partial charge on any atom is 0.315 e. The van der Waals surface area contributed by atoms with Crippen molar-refractivity contribution >= 4 is 28.7 Å². The molecular weight excluding hydrogens is 314 g/mol. The van der Waals surface area contributed by atoms with Crippen molar-refractivity contribution in [1.82, 2.24) is 15.6 Å². The van der Waals surface area contributed by atoms with Gasteiger partial charge in [-0.1, -0.05) is 18.5 Å². The van der Waals surface area contributed by atoms with Gasteiger partial charge in [-0.15, -0.1) is 0 Å². The molecule has 0 aliphatic heterocycles. The van der Waals surface area contributed by atoms with E-state index < -0.39 is 0 Å². The largest absolute Gasteiger partial charge is 0.440 e. The first-order valence-electron chi connectivity index (χ1n) is 8.26. The van der Waals surface area contributed by atoms with E-state index in [2.05, 4.69) is 15.6 Å². The highest BCUT2D eigenvalue weighted by Gasteiger charge is 2.26. The van der Waals surface area contributed by atoms with Gasteiger partial charge in [-0.25, -0.2) is 9.78 Å². The van der Waals surface area contributed by atoms with Gasteiger partial charge < -0.3 is 15.1 Å². The molecule has 1 aliphatic carbocycles. The summed E-state index contributed by atoms with van der Waals surface area (Å²) in [6.07, 6.45) is 4.79. The van der Waals surface area contributed by atoms with Gasteiger partial charge in [0.15, 0.2) is 11.5 Å². The number of nitrogens with one attached hydrogen (secondary N) is 2. The number of urea groups is 1. The first kappa shape index (κ1) is 16.1. The van der Waals surface area contributed by atoms with Crippen LogP contribution in [0.15, 0.2) is 22.6 Å². The number of rotatable bonds is 4. The molecule has 1 aliphatic rings. The van der Waals surface area contributed by atoms with Crippen molar-refractivity contribution in [3.63, 3.8) is 0 Å². The van der Waals surface area contributed by atoms with Crippen LogP contribution in [0.1, 0.15) is 50.8 Å². The fraction of sp³-hybridized carbons (Fsp3) is 0.529. The lowest BCUT2D eigenvalue weighted by Crippen LogP contribution is -2.43. The number of hydrogen-bond donors (Lipinski definition) is 2. The Morgan fingerprint density at radius 1 is 1.35 bits per heavy atom. The molecule has 1 aromatic heterocycles. The summed E-state index contributed by atoms with van der Waals surface area (Å²) in [4.78, 5) is 16.3. The lowest BCUT2D eigenvalue weighted by molar-refractivity contribution is 0.230. The molecule has 3 rings (SSSR count). The Bertz CT molecular complexity index is 678. The quantitative estimate of drug-likeness (QED) is 0.879. The molecule has 1 fully saturated rings. The van der Waals surface area contributed by atoms with Crippen molar-refractivity contribution in [2.24, 2.45) is 0 Å². The predicted molar refractivity (Wildman–Crippen MR) is 90.8 cm³/mol. The zero-order chi connectivity index (χ0) is 16.2. The lowest BCUT2D eigenvalue weighted by Gasteiger charge is -2.27. The number of nitrogens with zero attached hydrogens (tertiary/aromatic N) is 1. The average molecular weight is 336 g/mol. The molecule has 124 valence electrons. The normalized spacial score (nSPS) is 21.3. The molecule has 0 bridgehead atoms. The van der Waals surface area contributed by atoms with Crippen molar-refractivity contribution in [2.75, 3.05) is 6.54 Å². The topological polar surface area (TPSA) is 67.2 Å². The van der Waals surface area contributed by atoms with E-state index in [0.717, 1.165) is 49.1 Å². The van der Waals surface area contributed by atoms with Gasteiger partial charge in [-0.05, 0) is 50.3 Å². The third-order valence-electron chi connectivity index (χ3n) is 4.31. The van der Waals surface area contributed by atoms with Gasteiger partial charge >= 0.3 is 6.03 Å². The Hall–Kier alpha value is -1.75. The number of oxazole rings is 1. The summed E-state index contributed by atoms with van der Waals surface area (Å²) in [5.74, 6) is 1.11. The monoisotopic (exact) mass is 335 g/mol. The summed E-state index contributed by atoms with van der Waals surface area (Å²) in [6, 6.07) is 5.68. The number of benzene rings is 1. The van der Waals surface area contributed by atoms with Crippen LogP contribution in [0.25, 0.3) is 11.1 Å². The number of fused-ring (bicyclic) bond motifs is 1. The van der Waals surface area contributed by atoms with Gasteiger partial charge in [0.2, 0.25) is 0 Å². The van der Waals surface area contributed by atoms with Crippen LogP contribution in [-0.4, -0.2) is 23.6 Å². The third kappa shape index (κ3) is 3.96. The summed E-state index contributed by atoms with van der Waals surface area (Å²) in [5.41, 5.74) is 1.59. The molecule has 6 heteroatoms. The van der Waals surface area contributed by atoms with E-state index in [0.29, 0.717) is 17.5 Å². The van der Waals surface area contributed by atoms with E-state index >= 15 is 0 Å². The van der Waals surface area contributed by atoms with Crippen LogP contribution in [0.4, 0.5) is 4.79 Å². The highest BCUT2D eigenvalue weighted by atomic mass is 35.5. The van der Waals surface area contributed by atoms with Crippen LogP contribution < -0.4 is 10.6 Å². The Kier molecular flexibility index (Phi) is 5.06. The lowest BCUT2D eigenvalue weighted by atomic mass is 9.86. The molecule has 2 N–H and O–H groups in total. The number of hydrogen-bond acceptors (Lipinski definition) is 3. The van der Waals surface area contributed by atoms with Gasteiger partial charge in [-0.2, -0.15) is 0 Å². The van der Waals surface area contributed by atoms with Crippen LogP contribution in [0, 0.1) is 0 Å². The van der Waals surface area contributed by atoms with E-state index in [1.54, 1.807) is 0 Å². The summed E-state index contributed by atoms with van der Waals surface area (Å²) in [7, 11) is 0. The van der Waals surface area contributed by atoms with Crippen molar-refractivity contribution in [3.8, 4) is 0 Å². The van der Waals surface area contributed by atoms with Crippen molar-refractivity contribution in [1.29, 1.82) is 0 Å². The molecule has 23 heavy (non-hydrogen) atoms. The summed E-state index contributed by atoms with van der Waals surface area (Å²) in [5, 5.41) is 6.56. The molecule has 0 radical (unpaired) electrons. The minimum absolute atomic E-state index is 0.0631. The van der Waals surface area contributed by atoms with Crippen molar-refractivity contribution < 1.29 is 9.21 Å². The van der Waals surface area contributed by atoms with E-state index in [1.807, 2.05) is 25.1 Å². The second kappa shape index (κ2) is 7.21. The smallest absolute Gasteiger partial charge is 0.315 e. The fourth-order valence-corrected chi connectivity index (χ4v) is 3.22. The maximum atomic E-state index is 11.7. The van der Waals surface area contributed by atoms with E-state index in [4.69, 9.17) is 16.0 Å². The second-order valence-electron chi connectivity index (χ2n) is 6.11. The molecule has 1 heterocycles.